The Labute approximate surface area is 116 Å². The van der Waals surface area contributed by atoms with E-state index in [4.69, 9.17) is 11.6 Å². The molecule has 1 rings (SSSR count). The smallest absolute Gasteiger partial charge is 0.235 e. The summed E-state index contributed by atoms with van der Waals surface area (Å²) in [6, 6.07) is 0.203. The Hall–Kier alpha value is -0.500. The highest BCUT2D eigenvalue weighted by Gasteiger charge is 2.28. The summed E-state index contributed by atoms with van der Waals surface area (Å²) >= 11 is 5.49. The zero-order valence-electron chi connectivity index (χ0n) is 12.1. The van der Waals surface area contributed by atoms with Crippen LogP contribution in [-0.4, -0.2) is 17.8 Å². The van der Waals surface area contributed by atoms with Crippen LogP contribution in [0.5, 0.6) is 0 Å². The number of nitrogens with one attached hydrogen (secondary N) is 1. The number of hydrogen-bond acceptors (Lipinski definition) is 1. The van der Waals surface area contributed by atoms with Gasteiger partial charge in [0.15, 0.2) is 0 Å². The topological polar surface area (TPSA) is 29.1 Å². The van der Waals surface area contributed by atoms with Gasteiger partial charge in [0.1, 0.15) is 5.88 Å². The van der Waals surface area contributed by atoms with Crippen molar-refractivity contribution in [3.63, 3.8) is 0 Å². The highest BCUT2D eigenvalue weighted by molar-refractivity contribution is 6.27. The quantitative estimate of drug-likeness (QED) is 0.593. The lowest BCUT2D eigenvalue weighted by molar-refractivity contribution is -0.119. The minimum absolute atomic E-state index is 0.0531. The lowest BCUT2D eigenvalue weighted by Crippen LogP contribution is -2.34. The summed E-state index contributed by atoms with van der Waals surface area (Å²) in [7, 11) is 0. The molecule has 0 aromatic carbocycles. The first-order valence-corrected chi connectivity index (χ1v) is 7.44. The first-order valence-electron chi connectivity index (χ1n) is 6.91. The summed E-state index contributed by atoms with van der Waals surface area (Å²) in [5.41, 5.74) is 3.49. The zero-order chi connectivity index (χ0) is 13.8. The third kappa shape index (κ3) is 4.31. The molecule has 18 heavy (non-hydrogen) atoms. The molecule has 0 heterocycles. The maximum Gasteiger partial charge on any atom is 0.235 e. The summed E-state index contributed by atoms with van der Waals surface area (Å²) in [5, 5.41) is 2.92. The monoisotopic (exact) mass is 271 g/mol. The molecule has 1 aliphatic rings. The predicted octanol–water partition coefficient (Wildman–Crippen LogP) is 4.04. The Balaban J connectivity index is 2.54. The van der Waals surface area contributed by atoms with Crippen LogP contribution in [0.1, 0.15) is 59.8 Å². The average Bonchev–Trinajstić information content (AvgIpc) is 2.27. The van der Waals surface area contributed by atoms with E-state index in [2.05, 4.69) is 33.0 Å². The fourth-order valence-corrected chi connectivity index (χ4v) is 3.05. The number of halogens is 1. The summed E-state index contributed by atoms with van der Waals surface area (Å²) in [5.74, 6) is -0.0184. The van der Waals surface area contributed by atoms with Gasteiger partial charge >= 0.3 is 0 Å². The van der Waals surface area contributed by atoms with Crippen LogP contribution in [0, 0.1) is 5.41 Å². The molecule has 2 nitrogen and oxygen atoms in total. The van der Waals surface area contributed by atoms with Crippen LogP contribution >= 0.6 is 11.6 Å². The number of amides is 1. The molecule has 1 unspecified atom stereocenters. The molecule has 1 aliphatic carbocycles. The Bertz CT molecular complexity index is 333. The maximum atomic E-state index is 11.2. The summed E-state index contributed by atoms with van der Waals surface area (Å²) < 4.78 is 0. The summed E-state index contributed by atoms with van der Waals surface area (Å²) in [6.07, 6.45) is 5.91. The molecule has 0 aromatic rings. The van der Waals surface area contributed by atoms with E-state index in [-0.39, 0.29) is 17.8 Å². The van der Waals surface area contributed by atoms with Crippen LogP contribution in [0.3, 0.4) is 0 Å². The first-order chi connectivity index (χ1) is 8.36. The van der Waals surface area contributed by atoms with Crippen molar-refractivity contribution in [1.82, 2.24) is 5.32 Å². The zero-order valence-corrected chi connectivity index (χ0v) is 12.9. The number of rotatable bonds is 5. The van der Waals surface area contributed by atoms with Crippen molar-refractivity contribution in [3.8, 4) is 0 Å². The van der Waals surface area contributed by atoms with Crippen LogP contribution in [0.15, 0.2) is 11.1 Å². The maximum absolute atomic E-state index is 11.2. The summed E-state index contributed by atoms with van der Waals surface area (Å²) in [6.45, 7) is 8.99. The van der Waals surface area contributed by atoms with E-state index in [1.54, 1.807) is 11.1 Å². The second-order valence-electron chi connectivity index (χ2n) is 6.14. The Morgan fingerprint density at radius 2 is 2.17 bits per heavy atom. The number of allylic oxidation sites excluding steroid dienone is 2. The average molecular weight is 272 g/mol. The van der Waals surface area contributed by atoms with E-state index in [1.807, 2.05) is 0 Å². The van der Waals surface area contributed by atoms with E-state index < -0.39 is 0 Å². The molecule has 0 bridgehead atoms. The highest BCUT2D eigenvalue weighted by atomic mass is 35.5. The van der Waals surface area contributed by atoms with Crippen LogP contribution in [-0.2, 0) is 4.79 Å². The fourth-order valence-electron chi connectivity index (χ4n) is 2.97. The molecule has 0 aliphatic heterocycles. The van der Waals surface area contributed by atoms with E-state index in [0.717, 1.165) is 12.8 Å². The third-order valence-electron chi connectivity index (χ3n) is 4.04. The molecule has 1 N–H and O–H groups in total. The molecule has 0 spiro atoms. The molecule has 0 saturated heterocycles. The van der Waals surface area contributed by atoms with Gasteiger partial charge in [-0.1, -0.05) is 25.0 Å². The van der Waals surface area contributed by atoms with Crippen molar-refractivity contribution in [2.75, 3.05) is 5.88 Å². The van der Waals surface area contributed by atoms with Gasteiger partial charge in [-0.2, -0.15) is 0 Å². The SMILES string of the molecule is CC1=C(CCC(C)NC(=O)CCl)C(C)(C)CCC1. The number of hydrogen-bond donors (Lipinski definition) is 1. The third-order valence-corrected chi connectivity index (χ3v) is 4.28. The lowest BCUT2D eigenvalue weighted by atomic mass is 9.71. The molecule has 1 atom stereocenters. The van der Waals surface area contributed by atoms with Gasteiger partial charge < -0.3 is 5.32 Å². The number of carbonyl (C=O) groups is 1. The van der Waals surface area contributed by atoms with Crippen LogP contribution in [0.25, 0.3) is 0 Å². The van der Waals surface area contributed by atoms with E-state index in [9.17, 15) is 4.79 Å². The van der Waals surface area contributed by atoms with Gasteiger partial charge in [0.25, 0.3) is 0 Å². The van der Waals surface area contributed by atoms with Crippen molar-refractivity contribution in [2.45, 2.75) is 65.8 Å². The first kappa shape index (κ1) is 15.6. The highest BCUT2D eigenvalue weighted by Crippen LogP contribution is 2.42. The van der Waals surface area contributed by atoms with E-state index >= 15 is 0 Å². The summed E-state index contributed by atoms with van der Waals surface area (Å²) in [4.78, 5) is 11.2. The molecule has 0 fully saturated rings. The van der Waals surface area contributed by atoms with Crippen LogP contribution < -0.4 is 5.32 Å². The van der Waals surface area contributed by atoms with E-state index in [0.29, 0.717) is 5.41 Å². The van der Waals surface area contributed by atoms with Crippen molar-refractivity contribution in [3.05, 3.63) is 11.1 Å². The number of carbonyl (C=O) groups excluding carboxylic acids is 1. The molecular formula is C15H26ClNO. The van der Waals surface area contributed by atoms with Gasteiger partial charge in [0.05, 0.1) is 0 Å². The van der Waals surface area contributed by atoms with Gasteiger partial charge in [-0.15, -0.1) is 11.6 Å². The lowest BCUT2D eigenvalue weighted by Gasteiger charge is -2.35. The minimum Gasteiger partial charge on any atom is -0.353 e. The van der Waals surface area contributed by atoms with Crippen molar-refractivity contribution < 1.29 is 4.79 Å². The minimum atomic E-state index is -0.0715. The predicted molar refractivity (Wildman–Crippen MR) is 77.9 cm³/mol. The number of alkyl halides is 1. The van der Waals surface area contributed by atoms with Gasteiger partial charge in [0, 0.05) is 6.04 Å². The Kier molecular flexibility index (Phi) is 5.71. The van der Waals surface area contributed by atoms with Gasteiger partial charge in [-0.25, -0.2) is 0 Å². The molecule has 3 heteroatoms. The molecular weight excluding hydrogens is 246 g/mol. The Morgan fingerprint density at radius 1 is 1.50 bits per heavy atom. The molecule has 1 amide bonds. The van der Waals surface area contributed by atoms with Crippen molar-refractivity contribution in [2.24, 2.45) is 5.41 Å². The Morgan fingerprint density at radius 3 is 2.72 bits per heavy atom. The second kappa shape index (κ2) is 6.60. The fraction of sp³-hybridized carbons (Fsp3) is 0.800. The van der Waals surface area contributed by atoms with Crippen molar-refractivity contribution >= 4 is 17.5 Å². The largest absolute Gasteiger partial charge is 0.353 e. The molecule has 0 aromatic heterocycles. The van der Waals surface area contributed by atoms with Gasteiger partial charge in [0.2, 0.25) is 5.91 Å². The molecule has 0 radical (unpaired) electrons. The van der Waals surface area contributed by atoms with Crippen LogP contribution in [0.2, 0.25) is 0 Å². The molecule has 104 valence electrons. The van der Waals surface area contributed by atoms with Crippen LogP contribution in [0.4, 0.5) is 0 Å². The standard InChI is InChI=1S/C15H26ClNO/c1-11-6-5-9-15(3,4)13(11)8-7-12(2)17-14(18)10-16/h12H,5-10H2,1-4H3,(H,17,18). The second-order valence-corrected chi connectivity index (χ2v) is 6.40. The van der Waals surface area contributed by atoms with Gasteiger partial charge in [-0.05, 0) is 51.4 Å². The van der Waals surface area contributed by atoms with Gasteiger partial charge in [-0.3, -0.25) is 4.79 Å². The van der Waals surface area contributed by atoms with E-state index in [1.165, 1.54) is 19.3 Å². The van der Waals surface area contributed by atoms with Crippen molar-refractivity contribution in [1.29, 1.82) is 0 Å². The normalized spacial score (nSPS) is 20.7. The molecule has 0 saturated carbocycles.